The average Bonchev–Trinajstić information content (AvgIpc) is 3.15. The van der Waals surface area contributed by atoms with Gasteiger partial charge in [-0.2, -0.15) is 0 Å². The number of nitrogens with one attached hydrogen (secondary N) is 1. The molecule has 1 aliphatic heterocycles. The molecule has 140 valence electrons. The van der Waals surface area contributed by atoms with Gasteiger partial charge in [0.1, 0.15) is 5.82 Å². The molecule has 1 aliphatic carbocycles. The molecule has 0 atom stereocenters. The first-order chi connectivity index (χ1) is 12.1. The second kappa shape index (κ2) is 8.47. The summed E-state index contributed by atoms with van der Waals surface area (Å²) in [7, 11) is -3.18. The van der Waals surface area contributed by atoms with Gasteiger partial charge >= 0.3 is 0 Å². The van der Waals surface area contributed by atoms with E-state index in [2.05, 4.69) is 19.5 Å². The van der Waals surface area contributed by atoms with Gasteiger partial charge in [0.15, 0.2) is 0 Å². The van der Waals surface area contributed by atoms with E-state index >= 15 is 0 Å². The second-order valence-electron chi connectivity index (χ2n) is 7.12. The number of aromatic nitrogens is 1. The molecule has 6 nitrogen and oxygen atoms in total. The van der Waals surface area contributed by atoms with Crippen molar-refractivity contribution in [1.29, 1.82) is 0 Å². The third kappa shape index (κ3) is 5.15. The predicted molar refractivity (Wildman–Crippen MR) is 101 cm³/mol. The predicted octanol–water partition coefficient (Wildman–Crippen LogP) is 1.98. The van der Waals surface area contributed by atoms with Gasteiger partial charge in [0.25, 0.3) is 0 Å². The van der Waals surface area contributed by atoms with Crippen LogP contribution in [0.1, 0.15) is 44.6 Å². The van der Waals surface area contributed by atoms with E-state index in [-0.39, 0.29) is 5.75 Å². The number of hydrogen-bond acceptors (Lipinski definition) is 5. The molecule has 1 aromatic heterocycles. The summed E-state index contributed by atoms with van der Waals surface area (Å²) in [5.41, 5.74) is 0.961. The normalized spacial score (nSPS) is 20.3. The molecule has 1 saturated carbocycles. The standard InChI is InChI=1S/C18H30N4O2S/c1-2-13-25(23,24)20-15-16-7-8-19-18(14-16)22-11-9-21(10-12-22)17-5-3-4-6-17/h7-8,14,17,20H,2-6,9-13,15H2,1H3. The molecule has 2 fully saturated rings. The fourth-order valence-electron chi connectivity index (χ4n) is 3.86. The lowest BCUT2D eigenvalue weighted by molar-refractivity contribution is 0.187. The molecule has 0 unspecified atom stereocenters. The van der Waals surface area contributed by atoms with Crippen LogP contribution < -0.4 is 9.62 Å². The zero-order valence-electron chi connectivity index (χ0n) is 15.2. The van der Waals surface area contributed by atoms with Gasteiger partial charge in [-0.3, -0.25) is 4.90 Å². The summed E-state index contributed by atoms with van der Waals surface area (Å²) in [5, 5.41) is 0. The Hall–Kier alpha value is -1.18. The zero-order valence-corrected chi connectivity index (χ0v) is 16.0. The maximum atomic E-state index is 11.8. The van der Waals surface area contributed by atoms with Crippen molar-refractivity contribution in [2.45, 2.75) is 51.6 Å². The minimum atomic E-state index is -3.18. The maximum absolute atomic E-state index is 11.8. The fourth-order valence-corrected chi connectivity index (χ4v) is 4.93. The summed E-state index contributed by atoms with van der Waals surface area (Å²) in [5.74, 6) is 1.13. The summed E-state index contributed by atoms with van der Waals surface area (Å²) < 4.78 is 26.3. The summed E-state index contributed by atoms with van der Waals surface area (Å²) in [6.45, 7) is 6.39. The Bertz CT molecular complexity index is 651. The highest BCUT2D eigenvalue weighted by molar-refractivity contribution is 7.89. The van der Waals surface area contributed by atoms with Crippen LogP contribution in [0.3, 0.4) is 0 Å². The van der Waals surface area contributed by atoms with Crippen molar-refractivity contribution in [1.82, 2.24) is 14.6 Å². The lowest BCUT2D eigenvalue weighted by Crippen LogP contribution is -2.50. The highest BCUT2D eigenvalue weighted by Gasteiger charge is 2.26. The SMILES string of the molecule is CCCS(=O)(=O)NCc1ccnc(N2CCN(C3CCCC3)CC2)c1. The minimum absolute atomic E-state index is 0.175. The number of pyridine rings is 1. The van der Waals surface area contributed by atoms with Crippen molar-refractivity contribution in [3.8, 4) is 0 Å². The summed E-state index contributed by atoms with van der Waals surface area (Å²) in [6, 6.07) is 4.68. The molecule has 2 heterocycles. The molecule has 0 aromatic carbocycles. The first-order valence-corrected chi connectivity index (χ1v) is 11.1. The third-order valence-corrected chi connectivity index (χ3v) is 6.79. The molecule has 2 aliphatic rings. The molecule has 0 bridgehead atoms. The number of hydrogen-bond donors (Lipinski definition) is 1. The van der Waals surface area contributed by atoms with Crippen LogP contribution in [0.2, 0.25) is 0 Å². The van der Waals surface area contributed by atoms with Gasteiger partial charge in [-0.1, -0.05) is 19.8 Å². The molecule has 0 radical (unpaired) electrons. The molecule has 1 saturated heterocycles. The van der Waals surface area contributed by atoms with E-state index in [9.17, 15) is 8.42 Å². The van der Waals surface area contributed by atoms with Crippen molar-refractivity contribution in [3.63, 3.8) is 0 Å². The minimum Gasteiger partial charge on any atom is -0.354 e. The summed E-state index contributed by atoms with van der Waals surface area (Å²) in [4.78, 5) is 9.44. The largest absolute Gasteiger partial charge is 0.354 e. The van der Waals surface area contributed by atoms with Gasteiger partial charge in [0.2, 0.25) is 10.0 Å². The van der Waals surface area contributed by atoms with Crippen LogP contribution in [0, 0.1) is 0 Å². The quantitative estimate of drug-likeness (QED) is 0.799. The van der Waals surface area contributed by atoms with Gasteiger partial charge in [-0.15, -0.1) is 0 Å². The molecular formula is C18H30N4O2S. The summed E-state index contributed by atoms with van der Waals surface area (Å²) >= 11 is 0. The first kappa shape index (κ1) is 18.6. The fraction of sp³-hybridized carbons (Fsp3) is 0.722. The first-order valence-electron chi connectivity index (χ1n) is 9.48. The number of rotatable bonds is 7. The number of nitrogens with zero attached hydrogens (tertiary/aromatic N) is 3. The lowest BCUT2D eigenvalue weighted by Gasteiger charge is -2.38. The molecule has 25 heavy (non-hydrogen) atoms. The molecule has 0 spiro atoms. The van der Waals surface area contributed by atoms with Crippen LogP contribution in [0.25, 0.3) is 0 Å². The van der Waals surface area contributed by atoms with Crippen LogP contribution in [-0.2, 0) is 16.6 Å². The zero-order chi connectivity index (χ0) is 17.7. The topological polar surface area (TPSA) is 65.5 Å². The number of anilines is 1. The number of piperazine rings is 1. The van der Waals surface area contributed by atoms with E-state index in [1.807, 2.05) is 19.1 Å². The van der Waals surface area contributed by atoms with Gasteiger partial charge in [-0.05, 0) is 37.0 Å². The molecular weight excluding hydrogens is 336 g/mol. The molecule has 3 rings (SSSR count). The van der Waals surface area contributed by atoms with E-state index in [0.717, 1.165) is 43.6 Å². The second-order valence-corrected chi connectivity index (χ2v) is 9.05. The Kier molecular flexibility index (Phi) is 6.30. The Morgan fingerprint density at radius 2 is 1.92 bits per heavy atom. The molecule has 0 amide bonds. The van der Waals surface area contributed by atoms with E-state index in [1.54, 1.807) is 6.20 Å². The average molecular weight is 367 g/mol. The van der Waals surface area contributed by atoms with Gasteiger partial charge in [0.05, 0.1) is 5.75 Å². The Balaban J connectivity index is 1.55. The van der Waals surface area contributed by atoms with Crippen molar-refractivity contribution < 1.29 is 8.42 Å². The van der Waals surface area contributed by atoms with Crippen molar-refractivity contribution in [2.24, 2.45) is 0 Å². The highest BCUT2D eigenvalue weighted by Crippen LogP contribution is 2.25. The van der Waals surface area contributed by atoms with E-state index in [0.29, 0.717) is 13.0 Å². The van der Waals surface area contributed by atoms with E-state index in [4.69, 9.17) is 0 Å². The van der Waals surface area contributed by atoms with Crippen LogP contribution in [0.15, 0.2) is 18.3 Å². The highest BCUT2D eigenvalue weighted by atomic mass is 32.2. The molecule has 7 heteroatoms. The molecule has 1 N–H and O–H groups in total. The monoisotopic (exact) mass is 366 g/mol. The van der Waals surface area contributed by atoms with E-state index in [1.165, 1.54) is 25.7 Å². The lowest BCUT2D eigenvalue weighted by atomic mass is 10.1. The van der Waals surface area contributed by atoms with Gasteiger partial charge in [-0.25, -0.2) is 18.1 Å². The maximum Gasteiger partial charge on any atom is 0.211 e. The Morgan fingerprint density at radius 3 is 2.60 bits per heavy atom. The van der Waals surface area contributed by atoms with Gasteiger partial charge in [0, 0.05) is 45.0 Å². The third-order valence-electron chi connectivity index (χ3n) is 5.26. The van der Waals surface area contributed by atoms with Crippen LogP contribution in [-0.4, -0.2) is 56.3 Å². The van der Waals surface area contributed by atoms with Crippen molar-refractivity contribution in [3.05, 3.63) is 23.9 Å². The smallest absolute Gasteiger partial charge is 0.211 e. The Labute approximate surface area is 151 Å². The van der Waals surface area contributed by atoms with Crippen LogP contribution in [0.5, 0.6) is 0 Å². The molecule has 1 aromatic rings. The number of sulfonamides is 1. The summed E-state index contributed by atoms with van der Waals surface area (Å²) in [6.07, 6.45) is 7.87. The van der Waals surface area contributed by atoms with E-state index < -0.39 is 10.0 Å². The van der Waals surface area contributed by atoms with Gasteiger partial charge < -0.3 is 4.90 Å². The van der Waals surface area contributed by atoms with Crippen molar-refractivity contribution >= 4 is 15.8 Å². The van der Waals surface area contributed by atoms with Crippen LogP contribution >= 0.6 is 0 Å². The van der Waals surface area contributed by atoms with Crippen LogP contribution in [0.4, 0.5) is 5.82 Å². The Morgan fingerprint density at radius 1 is 1.20 bits per heavy atom. The van der Waals surface area contributed by atoms with Crippen molar-refractivity contribution in [2.75, 3.05) is 36.8 Å².